The molecule has 4 nitrogen and oxygen atoms in total. The maximum Gasteiger partial charge on any atom is 0.335 e. The smallest absolute Gasteiger partial charge is 0.335 e. The minimum atomic E-state index is -0.922. The molecule has 0 saturated carbocycles. The summed E-state index contributed by atoms with van der Waals surface area (Å²) in [6.07, 6.45) is 0. The second kappa shape index (κ2) is 4.19. The van der Waals surface area contributed by atoms with Gasteiger partial charge in [-0.1, -0.05) is 24.3 Å². The van der Waals surface area contributed by atoms with Crippen LogP contribution in [0.15, 0.2) is 41.9 Å². The minimum absolute atomic E-state index is 0.283. The van der Waals surface area contributed by atoms with E-state index in [1.54, 1.807) is 23.7 Å². The molecule has 0 aliphatic rings. The van der Waals surface area contributed by atoms with Crippen LogP contribution in [0.25, 0.3) is 22.2 Å². The number of fused-ring (bicyclic) bond motifs is 1. The first-order valence-electron chi connectivity index (χ1n) is 5.28. The van der Waals surface area contributed by atoms with E-state index in [2.05, 4.69) is 9.36 Å². The Morgan fingerprint density at radius 3 is 2.83 bits per heavy atom. The summed E-state index contributed by atoms with van der Waals surface area (Å²) in [7, 11) is 0. The van der Waals surface area contributed by atoms with Crippen molar-refractivity contribution in [1.82, 2.24) is 9.36 Å². The lowest BCUT2D eigenvalue weighted by atomic mass is 10.0. The quantitative estimate of drug-likeness (QED) is 0.765. The zero-order valence-electron chi connectivity index (χ0n) is 9.20. The van der Waals surface area contributed by atoms with Gasteiger partial charge in [-0.3, -0.25) is 0 Å². The highest BCUT2D eigenvalue weighted by molar-refractivity contribution is 7.03. The number of rotatable bonds is 2. The molecule has 0 unspecified atom stereocenters. The van der Waals surface area contributed by atoms with E-state index >= 15 is 0 Å². The molecule has 0 aliphatic heterocycles. The van der Waals surface area contributed by atoms with Crippen molar-refractivity contribution >= 4 is 28.3 Å². The monoisotopic (exact) mass is 256 g/mol. The summed E-state index contributed by atoms with van der Waals surface area (Å²) >= 11 is 1.30. The molecular weight excluding hydrogens is 248 g/mol. The molecule has 5 heteroatoms. The number of carbonyl (C=O) groups is 1. The Bertz CT molecular complexity index is 723. The Morgan fingerprint density at radius 1 is 1.22 bits per heavy atom. The van der Waals surface area contributed by atoms with Crippen LogP contribution in [0, 0.1) is 0 Å². The zero-order valence-corrected chi connectivity index (χ0v) is 10.0. The summed E-state index contributed by atoms with van der Waals surface area (Å²) in [5.41, 5.74) is 2.89. The Morgan fingerprint density at radius 2 is 2.11 bits per heavy atom. The fourth-order valence-corrected chi connectivity index (χ4v) is 2.34. The summed E-state index contributed by atoms with van der Waals surface area (Å²) in [6.45, 7) is 0. The molecule has 0 spiro atoms. The molecular formula is C13H8N2O2S. The first-order chi connectivity index (χ1) is 8.75. The SMILES string of the molecule is O=C(O)c1ccc2c(-c3ncsn3)cccc2c1. The van der Waals surface area contributed by atoms with Gasteiger partial charge in [-0.25, -0.2) is 9.78 Å². The van der Waals surface area contributed by atoms with Crippen LogP contribution < -0.4 is 0 Å². The van der Waals surface area contributed by atoms with Crippen molar-refractivity contribution < 1.29 is 9.90 Å². The molecule has 1 N–H and O–H groups in total. The lowest BCUT2D eigenvalue weighted by Crippen LogP contribution is -1.95. The third kappa shape index (κ3) is 1.74. The van der Waals surface area contributed by atoms with Gasteiger partial charge < -0.3 is 5.11 Å². The van der Waals surface area contributed by atoms with Gasteiger partial charge in [0.05, 0.1) is 5.56 Å². The van der Waals surface area contributed by atoms with Crippen molar-refractivity contribution in [2.75, 3.05) is 0 Å². The molecule has 0 amide bonds. The van der Waals surface area contributed by atoms with Crippen molar-refractivity contribution in [3.63, 3.8) is 0 Å². The molecule has 0 atom stereocenters. The van der Waals surface area contributed by atoms with Crippen LogP contribution in [-0.4, -0.2) is 20.4 Å². The number of aromatic nitrogens is 2. The Hall–Kier alpha value is -2.27. The maximum absolute atomic E-state index is 10.9. The molecule has 3 aromatic rings. The van der Waals surface area contributed by atoms with Crippen LogP contribution in [0.1, 0.15) is 10.4 Å². The van der Waals surface area contributed by atoms with E-state index in [-0.39, 0.29) is 5.56 Å². The minimum Gasteiger partial charge on any atom is -0.478 e. The van der Waals surface area contributed by atoms with Gasteiger partial charge in [-0.15, -0.1) is 0 Å². The van der Waals surface area contributed by atoms with Gasteiger partial charge in [0.2, 0.25) is 0 Å². The first-order valence-corrected chi connectivity index (χ1v) is 6.12. The van der Waals surface area contributed by atoms with E-state index in [1.807, 2.05) is 18.2 Å². The maximum atomic E-state index is 10.9. The molecule has 0 fully saturated rings. The van der Waals surface area contributed by atoms with Crippen molar-refractivity contribution in [3.8, 4) is 11.4 Å². The van der Waals surface area contributed by atoms with E-state index < -0.39 is 5.97 Å². The molecule has 0 radical (unpaired) electrons. The first kappa shape index (κ1) is 10.9. The van der Waals surface area contributed by atoms with E-state index in [9.17, 15) is 4.79 Å². The molecule has 3 rings (SSSR count). The number of nitrogens with zero attached hydrogens (tertiary/aromatic N) is 2. The van der Waals surface area contributed by atoms with Crippen LogP contribution in [0.2, 0.25) is 0 Å². The van der Waals surface area contributed by atoms with Crippen LogP contribution in [-0.2, 0) is 0 Å². The number of aromatic carboxylic acids is 1. The standard InChI is InChI=1S/C13H8N2O2S/c16-13(17)9-4-5-10-8(6-9)2-1-3-11(10)12-14-7-18-15-12/h1-7H,(H,16,17). The van der Waals surface area contributed by atoms with E-state index in [4.69, 9.17) is 5.11 Å². The van der Waals surface area contributed by atoms with Gasteiger partial charge in [-0.2, -0.15) is 4.37 Å². The molecule has 0 bridgehead atoms. The van der Waals surface area contributed by atoms with Crippen molar-refractivity contribution in [1.29, 1.82) is 0 Å². The lowest BCUT2D eigenvalue weighted by Gasteiger charge is -2.04. The molecule has 0 aliphatic carbocycles. The number of carboxylic acids is 1. The Labute approximate surface area is 107 Å². The van der Waals surface area contributed by atoms with Gasteiger partial charge in [0.1, 0.15) is 5.51 Å². The summed E-state index contributed by atoms with van der Waals surface area (Å²) in [4.78, 5) is 15.1. The molecule has 2 aromatic carbocycles. The number of benzene rings is 2. The van der Waals surface area contributed by atoms with Gasteiger partial charge in [0, 0.05) is 5.56 Å². The highest BCUT2D eigenvalue weighted by Crippen LogP contribution is 2.27. The number of hydrogen-bond acceptors (Lipinski definition) is 4. The third-order valence-electron chi connectivity index (χ3n) is 2.73. The van der Waals surface area contributed by atoms with Crippen LogP contribution >= 0.6 is 11.5 Å². The average molecular weight is 256 g/mol. The van der Waals surface area contributed by atoms with Crippen LogP contribution in [0.5, 0.6) is 0 Å². The molecule has 1 heterocycles. The number of carboxylic acid groups (broad SMARTS) is 1. The summed E-state index contributed by atoms with van der Waals surface area (Å²) in [5, 5.41) is 10.8. The van der Waals surface area contributed by atoms with Crippen molar-refractivity contribution in [3.05, 3.63) is 47.5 Å². The lowest BCUT2D eigenvalue weighted by molar-refractivity contribution is 0.0697. The van der Waals surface area contributed by atoms with E-state index in [1.165, 1.54) is 11.5 Å². The second-order valence-electron chi connectivity index (χ2n) is 3.80. The molecule has 0 saturated heterocycles. The van der Waals surface area contributed by atoms with Crippen LogP contribution in [0.3, 0.4) is 0 Å². The van der Waals surface area contributed by atoms with Gasteiger partial charge in [-0.05, 0) is 34.4 Å². The van der Waals surface area contributed by atoms with E-state index in [0.717, 1.165) is 16.3 Å². The van der Waals surface area contributed by atoms with Crippen molar-refractivity contribution in [2.24, 2.45) is 0 Å². The number of hydrogen-bond donors (Lipinski definition) is 1. The molecule has 88 valence electrons. The third-order valence-corrected chi connectivity index (χ3v) is 3.21. The summed E-state index contributed by atoms with van der Waals surface area (Å²) in [5.74, 6) is -0.247. The largest absolute Gasteiger partial charge is 0.478 e. The normalized spacial score (nSPS) is 10.7. The topological polar surface area (TPSA) is 63.1 Å². The highest BCUT2D eigenvalue weighted by atomic mass is 32.1. The van der Waals surface area contributed by atoms with Gasteiger partial charge in [0.15, 0.2) is 5.82 Å². The molecule has 18 heavy (non-hydrogen) atoms. The summed E-state index contributed by atoms with van der Waals surface area (Å²) in [6, 6.07) is 10.8. The van der Waals surface area contributed by atoms with Gasteiger partial charge >= 0.3 is 5.97 Å². The van der Waals surface area contributed by atoms with Crippen molar-refractivity contribution in [2.45, 2.75) is 0 Å². The molecule has 1 aromatic heterocycles. The predicted octanol–water partition coefficient (Wildman–Crippen LogP) is 3.06. The van der Waals surface area contributed by atoms with E-state index in [0.29, 0.717) is 5.82 Å². The second-order valence-corrected chi connectivity index (χ2v) is 4.41. The highest BCUT2D eigenvalue weighted by Gasteiger charge is 2.09. The zero-order chi connectivity index (χ0) is 12.5. The Kier molecular flexibility index (Phi) is 2.53. The fourth-order valence-electron chi connectivity index (χ4n) is 1.90. The predicted molar refractivity (Wildman–Crippen MR) is 69.8 cm³/mol. The van der Waals surface area contributed by atoms with Gasteiger partial charge in [0.25, 0.3) is 0 Å². The fraction of sp³-hybridized carbons (Fsp3) is 0. The Balaban J connectivity index is 2.26. The summed E-state index contributed by atoms with van der Waals surface area (Å²) < 4.78 is 4.21. The van der Waals surface area contributed by atoms with Crippen LogP contribution in [0.4, 0.5) is 0 Å². The average Bonchev–Trinajstić information content (AvgIpc) is 2.91.